The standard InChI is InChI=1S/C29H47F5O/c1-4-6-7-8-12-15-18-21-29(3,35-5-2)22-19-16-13-10-9-11-14-17-20-23-24(30)26(32)28(34)27(33)25(23)31/h4-22H2,1-3H3. The van der Waals surface area contributed by atoms with E-state index in [4.69, 9.17) is 4.74 Å². The van der Waals surface area contributed by atoms with E-state index in [-0.39, 0.29) is 12.0 Å². The van der Waals surface area contributed by atoms with Crippen molar-refractivity contribution in [1.82, 2.24) is 0 Å². The summed E-state index contributed by atoms with van der Waals surface area (Å²) in [5.41, 5.74) is -0.725. The van der Waals surface area contributed by atoms with Crippen LogP contribution in [0.1, 0.15) is 135 Å². The van der Waals surface area contributed by atoms with Gasteiger partial charge < -0.3 is 4.74 Å². The van der Waals surface area contributed by atoms with Crippen LogP contribution in [0.15, 0.2) is 0 Å². The van der Waals surface area contributed by atoms with Crippen LogP contribution in [-0.4, -0.2) is 12.2 Å². The molecule has 1 aromatic carbocycles. The van der Waals surface area contributed by atoms with E-state index in [1.165, 1.54) is 44.9 Å². The minimum atomic E-state index is -2.09. The van der Waals surface area contributed by atoms with Gasteiger partial charge in [-0.15, -0.1) is 0 Å². The summed E-state index contributed by atoms with van der Waals surface area (Å²) >= 11 is 0. The van der Waals surface area contributed by atoms with Gasteiger partial charge in [-0.1, -0.05) is 96.8 Å². The van der Waals surface area contributed by atoms with E-state index in [9.17, 15) is 22.0 Å². The number of unbranched alkanes of at least 4 members (excludes halogenated alkanes) is 13. The molecule has 0 amide bonds. The minimum absolute atomic E-state index is 0.0258. The molecular formula is C29H47F5O. The molecule has 0 saturated carbocycles. The number of ether oxygens (including phenoxy) is 1. The Morgan fingerprint density at radius 2 is 0.886 bits per heavy atom. The highest BCUT2D eigenvalue weighted by molar-refractivity contribution is 5.24. The maximum Gasteiger partial charge on any atom is 0.200 e. The molecule has 1 aromatic rings. The maximum absolute atomic E-state index is 13.7. The number of benzene rings is 1. The lowest BCUT2D eigenvalue weighted by Gasteiger charge is -2.30. The first-order valence-electron chi connectivity index (χ1n) is 13.9. The van der Waals surface area contributed by atoms with Crippen LogP contribution in [0, 0.1) is 29.1 Å². The van der Waals surface area contributed by atoms with Crippen LogP contribution >= 0.6 is 0 Å². The molecule has 1 rings (SSSR count). The summed E-state index contributed by atoms with van der Waals surface area (Å²) in [6, 6.07) is 0. The van der Waals surface area contributed by atoms with Crippen LogP contribution in [0.25, 0.3) is 0 Å². The molecule has 0 heterocycles. The molecule has 0 saturated heterocycles. The lowest BCUT2D eigenvalue weighted by Crippen LogP contribution is -2.28. The predicted octanol–water partition coefficient (Wildman–Crippen LogP) is 10.4. The fourth-order valence-electron chi connectivity index (χ4n) is 4.81. The second-order valence-electron chi connectivity index (χ2n) is 10.1. The highest BCUT2D eigenvalue weighted by Gasteiger charge is 2.25. The van der Waals surface area contributed by atoms with Crippen molar-refractivity contribution in [3.8, 4) is 0 Å². The summed E-state index contributed by atoms with van der Waals surface area (Å²) in [6.45, 7) is 7.30. The third kappa shape index (κ3) is 12.1. The molecule has 0 radical (unpaired) electrons. The summed E-state index contributed by atoms with van der Waals surface area (Å²) < 4.78 is 73.1. The highest BCUT2D eigenvalue weighted by Crippen LogP contribution is 2.27. The molecule has 0 aliphatic rings. The molecule has 0 spiro atoms. The van der Waals surface area contributed by atoms with Crippen LogP contribution in [0.5, 0.6) is 0 Å². The van der Waals surface area contributed by atoms with Gasteiger partial charge in [0.2, 0.25) is 5.82 Å². The van der Waals surface area contributed by atoms with E-state index in [1.807, 2.05) is 0 Å². The molecule has 0 aliphatic heterocycles. The van der Waals surface area contributed by atoms with Gasteiger partial charge in [0.05, 0.1) is 5.60 Å². The van der Waals surface area contributed by atoms with E-state index >= 15 is 0 Å². The average molecular weight is 507 g/mol. The monoisotopic (exact) mass is 506 g/mol. The molecule has 6 heteroatoms. The lowest BCUT2D eigenvalue weighted by molar-refractivity contribution is -0.0403. The van der Waals surface area contributed by atoms with E-state index in [2.05, 4.69) is 20.8 Å². The van der Waals surface area contributed by atoms with Crippen molar-refractivity contribution in [2.75, 3.05) is 6.61 Å². The highest BCUT2D eigenvalue weighted by atomic mass is 19.2. The van der Waals surface area contributed by atoms with Gasteiger partial charge in [-0.25, -0.2) is 22.0 Å². The zero-order valence-corrected chi connectivity index (χ0v) is 22.2. The second-order valence-corrected chi connectivity index (χ2v) is 10.1. The molecule has 0 fully saturated rings. The molecule has 0 N–H and O–H groups in total. The zero-order valence-electron chi connectivity index (χ0n) is 22.2. The van der Waals surface area contributed by atoms with Crippen molar-refractivity contribution in [2.45, 2.75) is 142 Å². The van der Waals surface area contributed by atoms with Crippen LogP contribution in [0.3, 0.4) is 0 Å². The Labute approximate surface area is 210 Å². The van der Waals surface area contributed by atoms with E-state index in [0.29, 0.717) is 12.8 Å². The van der Waals surface area contributed by atoms with Crippen molar-refractivity contribution in [3.63, 3.8) is 0 Å². The molecule has 35 heavy (non-hydrogen) atoms. The smallest absolute Gasteiger partial charge is 0.200 e. The number of rotatable bonds is 21. The van der Waals surface area contributed by atoms with E-state index < -0.39 is 34.6 Å². The van der Waals surface area contributed by atoms with Gasteiger partial charge in [-0.05, 0) is 39.5 Å². The van der Waals surface area contributed by atoms with Crippen molar-refractivity contribution in [1.29, 1.82) is 0 Å². The van der Waals surface area contributed by atoms with Crippen molar-refractivity contribution >= 4 is 0 Å². The van der Waals surface area contributed by atoms with Gasteiger partial charge in [0, 0.05) is 12.2 Å². The summed E-state index contributed by atoms with van der Waals surface area (Å²) in [4.78, 5) is 0. The normalized spacial score (nSPS) is 13.4. The van der Waals surface area contributed by atoms with Crippen LogP contribution in [0.2, 0.25) is 0 Å². The Kier molecular flexibility index (Phi) is 16.5. The third-order valence-corrected chi connectivity index (χ3v) is 6.99. The summed E-state index contributed by atoms with van der Waals surface area (Å²) in [6.07, 6.45) is 18.8. The first kappa shape index (κ1) is 31.9. The zero-order chi connectivity index (χ0) is 26.1. The lowest BCUT2D eigenvalue weighted by atomic mass is 9.91. The van der Waals surface area contributed by atoms with Crippen LogP contribution in [-0.2, 0) is 11.2 Å². The topological polar surface area (TPSA) is 9.23 Å². The molecule has 1 nitrogen and oxygen atoms in total. The Balaban J connectivity index is 2.15. The fraction of sp³-hybridized carbons (Fsp3) is 0.793. The SMILES string of the molecule is CCCCCCCCCC(C)(CCCCCCCCCCc1c(F)c(F)c(F)c(F)c1F)OCC. The van der Waals surface area contributed by atoms with Crippen molar-refractivity contribution in [3.05, 3.63) is 34.6 Å². The largest absolute Gasteiger partial charge is 0.376 e. The average Bonchev–Trinajstić information content (AvgIpc) is 2.84. The van der Waals surface area contributed by atoms with Gasteiger partial charge in [0.25, 0.3) is 0 Å². The molecule has 1 atom stereocenters. The van der Waals surface area contributed by atoms with E-state index in [0.717, 1.165) is 58.0 Å². The first-order chi connectivity index (χ1) is 16.8. The second kappa shape index (κ2) is 18.1. The quantitative estimate of drug-likeness (QED) is 0.0697. The van der Waals surface area contributed by atoms with Crippen LogP contribution < -0.4 is 0 Å². The first-order valence-corrected chi connectivity index (χ1v) is 13.9. The molecular weight excluding hydrogens is 459 g/mol. The van der Waals surface area contributed by atoms with Gasteiger partial charge in [0.15, 0.2) is 23.3 Å². The molecule has 0 aromatic heterocycles. The predicted molar refractivity (Wildman–Crippen MR) is 134 cm³/mol. The van der Waals surface area contributed by atoms with Crippen molar-refractivity contribution in [2.24, 2.45) is 0 Å². The van der Waals surface area contributed by atoms with Crippen molar-refractivity contribution < 1.29 is 26.7 Å². The molecule has 1 unspecified atom stereocenters. The minimum Gasteiger partial charge on any atom is -0.376 e. The number of hydrogen-bond acceptors (Lipinski definition) is 1. The molecule has 0 aliphatic carbocycles. The summed E-state index contributed by atoms with van der Waals surface area (Å²) in [5.74, 6) is -9.22. The Morgan fingerprint density at radius 3 is 1.31 bits per heavy atom. The molecule has 204 valence electrons. The van der Waals surface area contributed by atoms with Gasteiger partial charge in [0.1, 0.15) is 0 Å². The number of hydrogen-bond donors (Lipinski definition) is 0. The summed E-state index contributed by atoms with van der Waals surface area (Å²) in [7, 11) is 0. The Bertz CT molecular complexity index is 680. The maximum atomic E-state index is 13.7. The Hall–Kier alpha value is -1.17. The summed E-state index contributed by atoms with van der Waals surface area (Å²) in [5, 5.41) is 0. The van der Waals surface area contributed by atoms with Gasteiger partial charge in [-0.2, -0.15) is 0 Å². The fourth-order valence-corrected chi connectivity index (χ4v) is 4.81. The third-order valence-electron chi connectivity index (χ3n) is 6.99. The van der Waals surface area contributed by atoms with E-state index in [1.54, 1.807) is 0 Å². The van der Waals surface area contributed by atoms with Gasteiger partial charge >= 0.3 is 0 Å². The molecule has 0 bridgehead atoms. The van der Waals surface area contributed by atoms with Gasteiger partial charge in [-0.3, -0.25) is 0 Å². The Morgan fingerprint density at radius 1 is 0.514 bits per heavy atom. The number of halogens is 5. The van der Waals surface area contributed by atoms with Crippen LogP contribution in [0.4, 0.5) is 22.0 Å².